The van der Waals surface area contributed by atoms with Crippen LogP contribution in [0.15, 0.2) is 41.1 Å². The normalized spacial score (nSPS) is 12.1. The number of aryl methyl sites for hydroxylation is 3. The quantitative estimate of drug-likeness (QED) is 0.207. The van der Waals surface area contributed by atoms with Crippen molar-refractivity contribution in [2.45, 2.75) is 40.7 Å². The molecule has 11 nitrogen and oxygen atoms in total. The number of rotatable bonds is 7. The van der Waals surface area contributed by atoms with E-state index in [1.807, 2.05) is 62.6 Å². The van der Waals surface area contributed by atoms with E-state index >= 15 is 0 Å². The predicted octanol–water partition coefficient (Wildman–Crippen LogP) is 5.55. The van der Waals surface area contributed by atoms with Crippen LogP contribution in [0.4, 0.5) is 0 Å². The van der Waals surface area contributed by atoms with Crippen LogP contribution in [0.1, 0.15) is 42.7 Å². The van der Waals surface area contributed by atoms with Crippen molar-refractivity contribution in [1.82, 2.24) is 24.7 Å². The van der Waals surface area contributed by atoms with E-state index in [4.69, 9.17) is 44.5 Å². The van der Waals surface area contributed by atoms with Crippen LogP contribution in [0.25, 0.3) is 33.1 Å². The van der Waals surface area contributed by atoms with E-state index in [9.17, 15) is 0 Å². The Kier molecular flexibility index (Phi) is 6.73. The molecule has 0 saturated heterocycles. The van der Waals surface area contributed by atoms with Crippen molar-refractivity contribution >= 4 is 33.7 Å². The van der Waals surface area contributed by atoms with Crippen LogP contribution >= 0.6 is 0 Å². The third kappa shape index (κ3) is 4.78. The molecule has 0 spiro atoms. The third-order valence-electron chi connectivity index (χ3n) is 6.44. The molecule has 39 heavy (non-hydrogen) atoms. The van der Waals surface area contributed by atoms with E-state index in [1.165, 1.54) is 6.92 Å². The summed E-state index contributed by atoms with van der Waals surface area (Å²) in [7, 11) is 1.62. The number of hydrogen-bond acceptors (Lipinski definition) is 10. The van der Waals surface area contributed by atoms with Gasteiger partial charge in [0.05, 0.1) is 47.3 Å². The Morgan fingerprint density at radius 3 is 2.56 bits per heavy atom. The highest BCUT2D eigenvalue weighted by molar-refractivity contribution is 6.05. The largest absolute Gasteiger partial charge is 0.496 e. The zero-order valence-electron chi connectivity index (χ0n) is 22.6. The van der Waals surface area contributed by atoms with Crippen molar-refractivity contribution < 1.29 is 18.7 Å². The molecule has 0 aliphatic carbocycles. The number of nitrogens with zero attached hydrogens (tertiary/aromatic N) is 5. The van der Waals surface area contributed by atoms with Crippen molar-refractivity contribution in [3.05, 3.63) is 59.4 Å². The monoisotopic (exact) mass is 527 g/mol. The maximum absolute atomic E-state index is 8.00. The maximum Gasteiger partial charge on any atom is 0.298 e. The minimum Gasteiger partial charge on any atom is -0.496 e. The minimum atomic E-state index is -0.275. The van der Waals surface area contributed by atoms with Crippen molar-refractivity contribution in [1.29, 1.82) is 10.8 Å². The first-order valence-corrected chi connectivity index (χ1v) is 12.4. The highest BCUT2D eigenvalue weighted by Crippen LogP contribution is 2.40. The zero-order chi connectivity index (χ0) is 27.8. The van der Waals surface area contributed by atoms with Crippen LogP contribution < -0.4 is 9.47 Å². The van der Waals surface area contributed by atoms with E-state index in [0.29, 0.717) is 17.0 Å². The molecule has 0 aliphatic rings. The van der Waals surface area contributed by atoms with Gasteiger partial charge in [-0.2, -0.15) is 4.98 Å². The summed E-state index contributed by atoms with van der Waals surface area (Å²) in [5.41, 5.74) is 6.29. The molecular formula is C28H29N7O4. The van der Waals surface area contributed by atoms with Crippen molar-refractivity contribution in [3.63, 3.8) is 0 Å². The SMILES string of the molecule is COc1cc2c(cc1-c1c(C)noc1C)ncc1nc(OCC(=N)OC(C)=N)n([C@H](C)c3cccc(C)n3)c12. The Hall–Kier alpha value is -4.80. The summed E-state index contributed by atoms with van der Waals surface area (Å²) in [6.07, 6.45) is 1.70. The fourth-order valence-corrected chi connectivity index (χ4v) is 4.75. The molecular weight excluding hydrogens is 498 g/mol. The van der Waals surface area contributed by atoms with Gasteiger partial charge in [-0.25, -0.2) is 0 Å². The van der Waals surface area contributed by atoms with Gasteiger partial charge in [-0.1, -0.05) is 11.2 Å². The molecule has 5 rings (SSSR count). The first-order chi connectivity index (χ1) is 18.7. The second-order valence-corrected chi connectivity index (χ2v) is 9.28. The Balaban J connectivity index is 1.73. The van der Waals surface area contributed by atoms with Gasteiger partial charge in [0.25, 0.3) is 6.01 Å². The summed E-state index contributed by atoms with van der Waals surface area (Å²) >= 11 is 0. The predicted molar refractivity (Wildman–Crippen MR) is 147 cm³/mol. The fraction of sp³-hybridized carbons (Fsp3) is 0.286. The summed E-state index contributed by atoms with van der Waals surface area (Å²) in [5, 5.41) is 20.4. The standard InChI is InChI=1S/C28H29N7O4/c1-14-8-7-9-21(32-14)16(3)35-27-19-11-24(36-6)20(26-15(2)34-39-17(26)4)10-22(19)31-12-23(27)33-28(35)37-13-25(30)38-18(5)29/h7-12,16,29-30H,13H2,1-6H3/t16-/m1/s1. The van der Waals surface area contributed by atoms with Crippen LogP contribution in [0.5, 0.6) is 11.8 Å². The average molecular weight is 528 g/mol. The Morgan fingerprint density at radius 2 is 1.90 bits per heavy atom. The first-order valence-electron chi connectivity index (χ1n) is 12.4. The van der Waals surface area contributed by atoms with Gasteiger partial charge in [0, 0.05) is 23.6 Å². The van der Waals surface area contributed by atoms with Crippen molar-refractivity contribution in [2.24, 2.45) is 0 Å². The molecule has 5 aromatic rings. The molecule has 11 heteroatoms. The van der Waals surface area contributed by atoms with Gasteiger partial charge < -0.3 is 18.7 Å². The number of hydrogen-bond donors (Lipinski definition) is 2. The maximum atomic E-state index is 8.00. The number of ether oxygens (including phenoxy) is 3. The average Bonchev–Trinajstić information content (AvgIpc) is 3.44. The van der Waals surface area contributed by atoms with E-state index in [0.717, 1.165) is 44.6 Å². The lowest BCUT2D eigenvalue weighted by molar-refractivity contribution is 0.301. The van der Waals surface area contributed by atoms with E-state index in [-0.39, 0.29) is 30.5 Å². The number of benzene rings is 1. The van der Waals surface area contributed by atoms with Crippen LogP contribution in [-0.2, 0) is 4.74 Å². The Bertz CT molecular complexity index is 1720. The lowest BCUT2D eigenvalue weighted by Gasteiger charge is -2.19. The molecule has 4 heterocycles. The minimum absolute atomic E-state index is 0.0918. The topological polar surface area (TPSA) is 145 Å². The first kappa shape index (κ1) is 25.8. The Morgan fingerprint density at radius 1 is 1.10 bits per heavy atom. The second-order valence-electron chi connectivity index (χ2n) is 9.28. The summed E-state index contributed by atoms with van der Waals surface area (Å²) in [6.45, 7) is 8.98. The molecule has 1 atom stereocenters. The lowest BCUT2D eigenvalue weighted by atomic mass is 10.0. The van der Waals surface area contributed by atoms with Crippen molar-refractivity contribution in [2.75, 3.05) is 13.7 Å². The molecule has 0 radical (unpaired) electrons. The van der Waals surface area contributed by atoms with Gasteiger partial charge in [0.1, 0.15) is 17.0 Å². The third-order valence-corrected chi connectivity index (χ3v) is 6.44. The van der Waals surface area contributed by atoms with Crippen LogP contribution in [0.2, 0.25) is 0 Å². The molecule has 1 aromatic carbocycles. The van der Waals surface area contributed by atoms with Gasteiger partial charge >= 0.3 is 0 Å². The molecule has 0 amide bonds. The van der Waals surface area contributed by atoms with Crippen LogP contribution in [0, 0.1) is 31.6 Å². The molecule has 0 bridgehead atoms. The molecule has 200 valence electrons. The molecule has 0 saturated carbocycles. The number of pyridine rings is 2. The van der Waals surface area contributed by atoms with E-state index < -0.39 is 0 Å². The number of nitrogens with one attached hydrogen (secondary N) is 2. The van der Waals surface area contributed by atoms with Gasteiger partial charge in [0.15, 0.2) is 12.5 Å². The molecule has 0 unspecified atom stereocenters. The van der Waals surface area contributed by atoms with E-state index in [2.05, 4.69) is 5.16 Å². The fourth-order valence-electron chi connectivity index (χ4n) is 4.75. The van der Waals surface area contributed by atoms with Gasteiger partial charge in [-0.3, -0.25) is 25.4 Å². The van der Waals surface area contributed by atoms with Crippen LogP contribution in [-0.4, -0.2) is 50.2 Å². The second kappa shape index (κ2) is 10.2. The van der Waals surface area contributed by atoms with Gasteiger partial charge in [-0.15, -0.1) is 0 Å². The molecule has 2 N–H and O–H groups in total. The molecule has 0 aliphatic heterocycles. The molecule has 4 aromatic heterocycles. The number of fused-ring (bicyclic) bond motifs is 3. The van der Waals surface area contributed by atoms with E-state index in [1.54, 1.807) is 13.3 Å². The number of aromatic nitrogens is 5. The molecule has 0 fully saturated rings. The summed E-state index contributed by atoms with van der Waals surface area (Å²) in [5.74, 6) is 1.04. The summed E-state index contributed by atoms with van der Waals surface area (Å²) in [6, 6.07) is 9.76. The smallest absolute Gasteiger partial charge is 0.298 e. The zero-order valence-corrected chi connectivity index (χ0v) is 22.6. The van der Waals surface area contributed by atoms with Gasteiger partial charge in [0.2, 0.25) is 5.90 Å². The number of methoxy groups -OCH3 is 1. The highest BCUT2D eigenvalue weighted by atomic mass is 16.5. The highest BCUT2D eigenvalue weighted by Gasteiger charge is 2.24. The lowest BCUT2D eigenvalue weighted by Crippen LogP contribution is -2.19. The number of imidazole rings is 1. The van der Waals surface area contributed by atoms with Gasteiger partial charge in [-0.05, 0) is 52.0 Å². The summed E-state index contributed by atoms with van der Waals surface area (Å²) < 4.78 is 24.2. The Labute approximate surface area is 224 Å². The summed E-state index contributed by atoms with van der Waals surface area (Å²) in [4.78, 5) is 14.2. The van der Waals surface area contributed by atoms with Crippen LogP contribution in [0.3, 0.4) is 0 Å². The van der Waals surface area contributed by atoms with Crippen molar-refractivity contribution in [3.8, 4) is 22.9 Å².